The van der Waals surface area contributed by atoms with E-state index < -0.39 is 0 Å². The fourth-order valence-corrected chi connectivity index (χ4v) is 2.61. The van der Waals surface area contributed by atoms with E-state index in [0.29, 0.717) is 12.8 Å². The monoisotopic (exact) mass is 250 g/mol. The fraction of sp³-hybridized carbons (Fsp3) is 0.667. The Balaban J connectivity index is 2.27. The van der Waals surface area contributed by atoms with Crippen molar-refractivity contribution in [1.29, 1.82) is 0 Å². The number of hydrogen-bond donors (Lipinski definition) is 1. The van der Waals surface area contributed by atoms with Crippen molar-refractivity contribution in [3.05, 3.63) is 22.8 Å². The maximum absolute atomic E-state index is 12.2. The van der Waals surface area contributed by atoms with Crippen LogP contribution in [0.15, 0.2) is 22.8 Å². The molecule has 0 aromatic rings. The summed E-state index contributed by atoms with van der Waals surface area (Å²) in [6.07, 6.45) is 5.38. The van der Waals surface area contributed by atoms with E-state index in [1.54, 1.807) is 0 Å². The third-order valence-corrected chi connectivity index (χ3v) is 4.09. The molecule has 1 N–H and O–H groups in total. The largest absolute Gasteiger partial charge is 0.392 e. The predicted octanol–water partition coefficient (Wildman–Crippen LogP) is 2.54. The molecule has 1 saturated heterocycles. The van der Waals surface area contributed by atoms with E-state index in [1.165, 1.54) is 0 Å². The lowest BCUT2D eigenvalue weighted by Gasteiger charge is -2.13. The quantitative estimate of drug-likeness (QED) is 0.442. The molecule has 18 heavy (non-hydrogen) atoms. The standard InChI is InChI=1S/C15H22O3/c1-10-5-4-6-15(3)14(18-15)8-12(11(2)9-16)13(17)7-10/h5,14,16H,4,6-9H2,1-3H3/b10-5?,12-11+/t14-,15-/m0/s1. The van der Waals surface area contributed by atoms with E-state index >= 15 is 0 Å². The predicted molar refractivity (Wildman–Crippen MR) is 70.3 cm³/mol. The second-order valence-electron chi connectivity index (χ2n) is 5.73. The van der Waals surface area contributed by atoms with Gasteiger partial charge in [0.15, 0.2) is 5.78 Å². The molecule has 0 aromatic carbocycles. The minimum absolute atomic E-state index is 0.0483. The number of aliphatic hydroxyl groups excluding tert-OH is 1. The zero-order valence-corrected chi connectivity index (χ0v) is 11.5. The molecule has 1 aliphatic heterocycles. The number of epoxide rings is 1. The molecule has 0 bridgehead atoms. The van der Waals surface area contributed by atoms with Crippen LogP contribution in [0.2, 0.25) is 0 Å². The Kier molecular flexibility index (Phi) is 3.74. The molecule has 3 heteroatoms. The Morgan fingerprint density at radius 2 is 2.33 bits per heavy atom. The first-order valence-corrected chi connectivity index (χ1v) is 6.62. The Bertz CT molecular complexity index is 419. The molecule has 1 heterocycles. The van der Waals surface area contributed by atoms with Crippen molar-refractivity contribution in [1.82, 2.24) is 0 Å². The summed E-state index contributed by atoms with van der Waals surface area (Å²) in [5.74, 6) is 0.134. The molecule has 2 atom stereocenters. The second-order valence-corrected chi connectivity index (χ2v) is 5.73. The summed E-state index contributed by atoms with van der Waals surface area (Å²) in [6, 6.07) is 0. The van der Waals surface area contributed by atoms with Crippen molar-refractivity contribution in [3.63, 3.8) is 0 Å². The number of Topliss-reactive ketones (excluding diaryl/α,β-unsaturated/α-hetero) is 1. The number of carbonyl (C=O) groups is 1. The van der Waals surface area contributed by atoms with Crippen molar-refractivity contribution in [2.24, 2.45) is 0 Å². The molecule has 1 aliphatic carbocycles. The lowest BCUT2D eigenvalue weighted by molar-refractivity contribution is -0.115. The molecular weight excluding hydrogens is 228 g/mol. The van der Waals surface area contributed by atoms with Crippen LogP contribution in [0.1, 0.15) is 46.5 Å². The summed E-state index contributed by atoms with van der Waals surface area (Å²) in [7, 11) is 0. The van der Waals surface area contributed by atoms with Crippen LogP contribution in [0.5, 0.6) is 0 Å². The van der Waals surface area contributed by atoms with Gasteiger partial charge in [0, 0.05) is 12.8 Å². The molecule has 0 saturated carbocycles. The average molecular weight is 250 g/mol. The van der Waals surface area contributed by atoms with Gasteiger partial charge in [0.2, 0.25) is 0 Å². The van der Waals surface area contributed by atoms with E-state index in [2.05, 4.69) is 13.0 Å². The molecule has 0 spiro atoms. The van der Waals surface area contributed by atoms with Crippen molar-refractivity contribution in [2.45, 2.75) is 58.2 Å². The average Bonchev–Trinajstić information content (AvgIpc) is 2.95. The van der Waals surface area contributed by atoms with Gasteiger partial charge in [0.1, 0.15) is 0 Å². The van der Waals surface area contributed by atoms with Gasteiger partial charge in [-0.1, -0.05) is 11.6 Å². The highest BCUT2D eigenvalue weighted by molar-refractivity contribution is 5.97. The summed E-state index contributed by atoms with van der Waals surface area (Å²) in [5.41, 5.74) is 2.59. The van der Waals surface area contributed by atoms with Crippen molar-refractivity contribution in [2.75, 3.05) is 6.61 Å². The number of ketones is 1. The van der Waals surface area contributed by atoms with Gasteiger partial charge in [-0.05, 0) is 44.8 Å². The highest BCUT2D eigenvalue weighted by atomic mass is 16.6. The topological polar surface area (TPSA) is 49.8 Å². The van der Waals surface area contributed by atoms with Crippen LogP contribution in [-0.4, -0.2) is 29.2 Å². The van der Waals surface area contributed by atoms with E-state index in [-0.39, 0.29) is 24.1 Å². The summed E-state index contributed by atoms with van der Waals surface area (Å²) in [4.78, 5) is 12.2. The van der Waals surface area contributed by atoms with Crippen LogP contribution >= 0.6 is 0 Å². The van der Waals surface area contributed by atoms with Crippen molar-refractivity contribution < 1.29 is 14.6 Å². The molecule has 0 radical (unpaired) electrons. The van der Waals surface area contributed by atoms with E-state index in [0.717, 1.165) is 29.6 Å². The van der Waals surface area contributed by atoms with Crippen LogP contribution in [0, 0.1) is 0 Å². The van der Waals surface area contributed by atoms with Gasteiger partial charge < -0.3 is 9.84 Å². The summed E-state index contributed by atoms with van der Waals surface area (Å²) >= 11 is 0. The second kappa shape index (κ2) is 4.98. The van der Waals surface area contributed by atoms with Gasteiger partial charge in [-0.2, -0.15) is 0 Å². The van der Waals surface area contributed by atoms with Crippen LogP contribution in [0.25, 0.3) is 0 Å². The molecular formula is C15H22O3. The number of aliphatic hydroxyl groups is 1. The minimum Gasteiger partial charge on any atom is -0.392 e. The van der Waals surface area contributed by atoms with Crippen molar-refractivity contribution >= 4 is 5.78 Å². The number of rotatable bonds is 1. The third-order valence-electron chi connectivity index (χ3n) is 4.09. The van der Waals surface area contributed by atoms with Crippen LogP contribution in [0.3, 0.4) is 0 Å². The number of hydrogen-bond acceptors (Lipinski definition) is 3. The lowest BCUT2D eigenvalue weighted by Crippen LogP contribution is -2.16. The van der Waals surface area contributed by atoms with E-state index in [1.807, 2.05) is 13.8 Å². The van der Waals surface area contributed by atoms with Crippen LogP contribution < -0.4 is 0 Å². The molecule has 1 fully saturated rings. The summed E-state index contributed by atoms with van der Waals surface area (Å²) < 4.78 is 5.75. The molecule has 2 aliphatic rings. The first-order chi connectivity index (χ1) is 8.46. The Labute approximate surface area is 109 Å². The smallest absolute Gasteiger partial charge is 0.163 e. The third kappa shape index (κ3) is 2.73. The first-order valence-electron chi connectivity index (χ1n) is 6.62. The summed E-state index contributed by atoms with van der Waals surface area (Å²) in [6.45, 7) is 5.89. The first kappa shape index (κ1) is 13.5. The zero-order valence-electron chi connectivity index (χ0n) is 11.5. The van der Waals surface area contributed by atoms with Crippen LogP contribution in [-0.2, 0) is 9.53 Å². The highest BCUT2D eigenvalue weighted by Gasteiger charge is 2.51. The van der Waals surface area contributed by atoms with E-state index in [4.69, 9.17) is 4.74 Å². The molecule has 0 unspecified atom stereocenters. The molecule has 0 aromatic heterocycles. The Morgan fingerprint density at radius 1 is 1.61 bits per heavy atom. The van der Waals surface area contributed by atoms with Gasteiger partial charge in [-0.15, -0.1) is 0 Å². The number of fused-ring (bicyclic) bond motifs is 1. The molecule has 3 nitrogen and oxygen atoms in total. The van der Waals surface area contributed by atoms with Gasteiger partial charge in [0.05, 0.1) is 18.3 Å². The number of ether oxygens (including phenoxy) is 1. The highest BCUT2D eigenvalue weighted by Crippen LogP contribution is 2.45. The van der Waals surface area contributed by atoms with Gasteiger partial charge in [-0.25, -0.2) is 0 Å². The Hall–Kier alpha value is -0.930. The van der Waals surface area contributed by atoms with E-state index in [9.17, 15) is 9.90 Å². The zero-order chi connectivity index (χ0) is 13.3. The fourth-order valence-electron chi connectivity index (χ4n) is 2.61. The van der Waals surface area contributed by atoms with Crippen LogP contribution in [0.4, 0.5) is 0 Å². The summed E-state index contributed by atoms with van der Waals surface area (Å²) in [5, 5.41) is 9.26. The maximum Gasteiger partial charge on any atom is 0.163 e. The maximum atomic E-state index is 12.2. The van der Waals surface area contributed by atoms with Gasteiger partial charge in [0.25, 0.3) is 0 Å². The molecule has 100 valence electrons. The molecule has 0 amide bonds. The number of allylic oxidation sites excluding steroid dienone is 2. The van der Waals surface area contributed by atoms with Gasteiger partial charge >= 0.3 is 0 Å². The normalized spacial score (nSPS) is 35.7. The SMILES string of the molecule is CC1=CCC[C@]2(C)O[C@H]2C/C(=C(/C)CO)C(=O)C1. The molecule has 2 rings (SSSR count). The Morgan fingerprint density at radius 3 is 3.00 bits per heavy atom. The number of carbonyl (C=O) groups excluding carboxylic acids is 1. The minimum atomic E-state index is -0.0740. The van der Waals surface area contributed by atoms with Crippen molar-refractivity contribution in [3.8, 4) is 0 Å². The van der Waals surface area contributed by atoms with Gasteiger partial charge in [-0.3, -0.25) is 4.79 Å². The lowest BCUT2D eigenvalue weighted by atomic mass is 9.89.